The van der Waals surface area contributed by atoms with E-state index < -0.39 is 5.60 Å². The van der Waals surface area contributed by atoms with Gasteiger partial charge in [-0.15, -0.1) is 11.3 Å². The zero-order chi connectivity index (χ0) is 16.4. The molecule has 0 radical (unpaired) electrons. The lowest BCUT2D eigenvalue weighted by atomic mass is 9.90. The molecule has 3 aromatic rings. The largest absolute Gasteiger partial charge is 0.496 e. The fourth-order valence-electron chi connectivity index (χ4n) is 2.66. The lowest BCUT2D eigenvalue weighted by molar-refractivity contribution is 0.0669. The first-order valence-corrected chi connectivity index (χ1v) is 8.97. The number of thiazole rings is 1. The van der Waals surface area contributed by atoms with E-state index in [2.05, 4.69) is 25.9 Å². The minimum Gasteiger partial charge on any atom is -0.496 e. The van der Waals surface area contributed by atoms with Crippen LogP contribution in [0.5, 0.6) is 5.75 Å². The van der Waals surface area contributed by atoms with Crippen LogP contribution in [0.4, 0.5) is 0 Å². The summed E-state index contributed by atoms with van der Waals surface area (Å²) in [6.07, 6.45) is 4.69. The molecule has 0 spiro atoms. The Labute approximate surface area is 147 Å². The maximum absolute atomic E-state index is 11.5. The summed E-state index contributed by atoms with van der Waals surface area (Å²) in [5, 5.41) is 12.1. The average Bonchev–Trinajstić information content (AvgIpc) is 2.98. The van der Waals surface area contributed by atoms with Crippen molar-refractivity contribution < 1.29 is 9.84 Å². The molecule has 1 unspecified atom stereocenters. The van der Waals surface area contributed by atoms with Crippen LogP contribution in [0.15, 0.2) is 41.1 Å². The molecule has 0 saturated carbocycles. The third-order valence-corrected chi connectivity index (χ3v) is 5.43. The van der Waals surface area contributed by atoms with Gasteiger partial charge in [0.2, 0.25) is 0 Å². The van der Waals surface area contributed by atoms with Gasteiger partial charge in [-0.25, -0.2) is 4.98 Å². The minimum absolute atomic E-state index is 0.552. The van der Waals surface area contributed by atoms with Gasteiger partial charge in [0.25, 0.3) is 0 Å². The van der Waals surface area contributed by atoms with E-state index in [0.29, 0.717) is 22.7 Å². The van der Waals surface area contributed by atoms with Crippen LogP contribution in [0.25, 0.3) is 10.2 Å². The number of pyridine rings is 1. The van der Waals surface area contributed by atoms with E-state index in [1.54, 1.807) is 25.6 Å². The molecule has 0 aliphatic carbocycles. The number of aliphatic hydroxyl groups is 1. The Morgan fingerprint density at radius 3 is 2.91 bits per heavy atom. The topological polar surface area (TPSA) is 55.2 Å². The van der Waals surface area contributed by atoms with Crippen LogP contribution < -0.4 is 4.74 Å². The summed E-state index contributed by atoms with van der Waals surface area (Å²) in [7, 11) is 1.60. The number of methoxy groups -OCH3 is 1. The molecule has 1 atom stereocenters. The molecule has 0 aliphatic rings. The highest BCUT2D eigenvalue weighted by molar-refractivity contribution is 9.10. The molecule has 1 N–H and O–H groups in total. The van der Waals surface area contributed by atoms with E-state index in [9.17, 15) is 5.11 Å². The SMILES string of the molecule is CCCC(O)(c1nc2ccc(Br)cc2s1)c1cnccc1OC. The number of ether oxygens (including phenoxy) is 1. The molecule has 0 bridgehead atoms. The molecule has 120 valence electrons. The van der Waals surface area contributed by atoms with Gasteiger partial charge in [-0.3, -0.25) is 4.98 Å². The molecule has 4 nitrogen and oxygen atoms in total. The van der Waals surface area contributed by atoms with Gasteiger partial charge in [-0.1, -0.05) is 29.3 Å². The number of benzene rings is 1. The molecule has 6 heteroatoms. The Kier molecular flexibility index (Phi) is 4.66. The molecule has 0 aliphatic heterocycles. The van der Waals surface area contributed by atoms with Crippen molar-refractivity contribution in [1.82, 2.24) is 9.97 Å². The molecular formula is C17H17BrN2O2S. The van der Waals surface area contributed by atoms with Crippen LogP contribution in [0.3, 0.4) is 0 Å². The first-order valence-electron chi connectivity index (χ1n) is 7.36. The van der Waals surface area contributed by atoms with E-state index in [-0.39, 0.29) is 0 Å². The number of halogens is 1. The van der Waals surface area contributed by atoms with Gasteiger partial charge in [0.05, 0.1) is 22.9 Å². The van der Waals surface area contributed by atoms with Gasteiger partial charge in [0.1, 0.15) is 16.4 Å². The van der Waals surface area contributed by atoms with Crippen molar-refractivity contribution in [3.05, 3.63) is 51.7 Å². The second-order valence-corrected chi connectivity index (χ2v) is 7.26. The Morgan fingerprint density at radius 1 is 1.35 bits per heavy atom. The van der Waals surface area contributed by atoms with E-state index in [0.717, 1.165) is 21.1 Å². The van der Waals surface area contributed by atoms with Crippen molar-refractivity contribution >= 4 is 37.5 Å². The molecule has 23 heavy (non-hydrogen) atoms. The summed E-state index contributed by atoms with van der Waals surface area (Å²) in [5.74, 6) is 0.622. The molecular weight excluding hydrogens is 376 g/mol. The van der Waals surface area contributed by atoms with Gasteiger partial charge in [-0.05, 0) is 30.7 Å². The summed E-state index contributed by atoms with van der Waals surface area (Å²) in [6.45, 7) is 2.04. The highest BCUT2D eigenvalue weighted by atomic mass is 79.9. The number of rotatable bonds is 5. The van der Waals surface area contributed by atoms with Crippen LogP contribution in [-0.2, 0) is 5.60 Å². The number of hydrogen-bond donors (Lipinski definition) is 1. The maximum atomic E-state index is 11.5. The van der Waals surface area contributed by atoms with Crippen LogP contribution in [0, 0.1) is 0 Å². The second kappa shape index (κ2) is 6.55. The predicted molar refractivity (Wildman–Crippen MR) is 96.0 cm³/mol. The van der Waals surface area contributed by atoms with E-state index in [1.807, 2.05) is 25.1 Å². The second-order valence-electron chi connectivity index (χ2n) is 5.32. The zero-order valence-corrected chi connectivity index (χ0v) is 15.3. The molecule has 0 saturated heterocycles. The molecule has 1 aromatic carbocycles. The molecule has 0 fully saturated rings. The summed E-state index contributed by atoms with van der Waals surface area (Å²) in [5.41, 5.74) is 0.331. The van der Waals surface area contributed by atoms with Crippen molar-refractivity contribution in [3.63, 3.8) is 0 Å². The summed E-state index contributed by atoms with van der Waals surface area (Å²) in [6, 6.07) is 7.69. The summed E-state index contributed by atoms with van der Waals surface area (Å²) >= 11 is 4.97. The Morgan fingerprint density at radius 2 is 2.17 bits per heavy atom. The van der Waals surface area contributed by atoms with Crippen LogP contribution in [-0.4, -0.2) is 22.2 Å². The first kappa shape index (κ1) is 16.4. The quantitative estimate of drug-likeness (QED) is 0.694. The lowest BCUT2D eigenvalue weighted by Crippen LogP contribution is -2.27. The number of fused-ring (bicyclic) bond motifs is 1. The van der Waals surface area contributed by atoms with Crippen molar-refractivity contribution in [3.8, 4) is 5.75 Å². The Bertz CT molecular complexity index is 836. The van der Waals surface area contributed by atoms with Crippen molar-refractivity contribution in [1.29, 1.82) is 0 Å². The van der Waals surface area contributed by atoms with E-state index >= 15 is 0 Å². The van der Waals surface area contributed by atoms with Crippen LogP contribution in [0.1, 0.15) is 30.3 Å². The molecule has 3 rings (SSSR count). The van der Waals surface area contributed by atoms with E-state index in [1.165, 1.54) is 11.3 Å². The molecule has 2 aromatic heterocycles. The number of aromatic nitrogens is 2. The Hall–Kier alpha value is -1.50. The number of nitrogens with zero attached hydrogens (tertiary/aromatic N) is 2. The number of hydrogen-bond acceptors (Lipinski definition) is 5. The first-order chi connectivity index (χ1) is 11.1. The van der Waals surface area contributed by atoms with E-state index in [4.69, 9.17) is 4.74 Å². The van der Waals surface area contributed by atoms with Crippen LogP contribution in [0.2, 0.25) is 0 Å². The summed E-state index contributed by atoms with van der Waals surface area (Å²) in [4.78, 5) is 8.83. The third kappa shape index (κ3) is 2.98. The standard InChI is InChI=1S/C17H17BrN2O2S/c1-3-7-17(21,12-10-19-8-6-14(12)22-2)16-20-13-5-4-11(18)9-15(13)23-16/h4-6,8-10,21H,3,7H2,1-2H3. The third-order valence-electron chi connectivity index (χ3n) is 3.76. The minimum atomic E-state index is -1.20. The Balaban J connectivity index is 2.19. The van der Waals surface area contributed by atoms with Crippen molar-refractivity contribution in [2.45, 2.75) is 25.4 Å². The van der Waals surface area contributed by atoms with Gasteiger partial charge in [0.15, 0.2) is 0 Å². The van der Waals surface area contributed by atoms with Crippen molar-refractivity contribution in [2.24, 2.45) is 0 Å². The monoisotopic (exact) mass is 392 g/mol. The van der Waals surface area contributed by atoms with Crippen molar-refractivity contribution in [2.75, 3.05) is 7.11 Å². The maximum Gasteiger partial charge on any atom is 0.146 e. The van der Waals surface area contributed by atoms with Crippen LogP contribution >= 0.6 is 27.3 Å². The smallest absolute Gasteiger partial charge is 0.146 e. The fourth-order valence-corrected chi connectivity index (χ4v) is 4.31. The average molecular weight is 393 g/mol. The molecule has 2 heterocycles. The zero-order valence-electron chi connectivity index (χ0n) is 12.9. The highest BCUT2D eigenvalue weighted by Crippen LogP contribution is 2.42. The van der Waals surface area contributed by atoms with Gasteiger partial charge < -0.3 is 9.84 Å². The fraction of sp³-hybridized carbons (Fsp3) is 0.294. The lowest BCUT2D eigenvalue weighted by Gasteiger charge is -2.27. The molecule has 0 amide bonds. The van der Waals surface area contributed by atoms with Gasteiger partial charge in [-0.2, -0.15) is 0 Å². The van der Waals surface area contributed by atoms with Gasteiger partial charge >= 0.3 is 0 Å². The van der Waals surface area contributed by atoms with Gasteiger partial charge in [0, 0.05) is 16.9 Å². The normalized spacial score (nSPS) is 13.9. The summed E-state index contributed by atoms with van der Waals surface area (Å²) < 4.78 is 7.45. The predicted octanol–water partition coefficient (Wildman–Crippen LogP) is 4.50. The highest BCUT2D eigenvalue weighted by Gasteiger charge is 2.37.